The van der Waals surface area contributed by atoms with Crippen molar-refractivity contribution in [2.45, 2.75) is 44.8 Å². The van der Waals surface area contributed by atoms with Gasteiger partial charge in [-0.15, -0.1) is 0 Å². The first kappa shape index (κ1) is 19.3. The number of aromatic nitrogens is 3. The van der Waals surface area contributed by atoms with Gasteiger partial charge < -0.3 is 11.1 Å². The Labute approximate surface area is 166 Å². The number of nitrogens with one attached hydrogen (secondary N) is 1. The summed E-state index contributed by atoms with van der Waals surface area (Å²) < 4.78 is 41.1. The van der Waals surface area contributed by atoms with Gasteiger partial charge in [0.15, 0.2) is 5.65 Å². The molecule has 0 radical (unpaired) electrons. The van der Waals surface area contributed by atoms with Crippen molar-refractivity contribution in [2.24, 2.45) is 0 Å². The largest absolute Gasteiger partial charge is 0.416 e. The minimum atomic E-state index is -4.45. The molecule has 4 rings (SSSR count). The molecule has 0 bridgehead atoms. The van der Waals surface area contributed by atoms with Crippen LogP contribution in [-0.4, -0.2) is 14.6 Å². The summed E-state index contributed by atoms with van der Waals surface area (Å²) in [5.74, 6) is 0.654. The molecular formula is C21H22F3N5. The van der Waals surface area contributed by atoms with E-state index in [1.807, 2.05) is 6.07 Å². The van der Waals surface area contributed by atoms with Crippen LogP contribution in [0.1, 0.15) is 55.5 Å². The number of nitrogens with zero attached hydrogens (tertiary/aromatic N) is 3. The molecule has 1 aromatic carbocycles. The van der Waals surface area contributed by atoms with Gasteiger partial charge in [0, 0.05) is 18.0 Å². The fourth-order valence-corrected chi connectivity index (χ4v) is 3.63. The fraction of sp³-hybridized carbons (Fsp3) is 0.333. The van der Waals surface area contributed by atoms with Gasteiger partial charge in [0.05, 0.1) is 17.3 Å². The Bertz CT molecular complexity index is 1070. The second-order valence-corrected chi connectivity index (χ2v) is 7.36. The van der Waals surface area contributed by atoms with Gasteiger partial charge in [-0.2, -0.15) is 22.8 Å². The number of rotatable bonds is 4. The van der Waals surface area contributed by atoms with Crippen molar-refractivity contribution in [1.82, 2.24) is 14.6 Å². The van der Waals surface area contributed by atoms with Gasteiger partial charge in [-0.3, -0.25) is 0 Å². The molecule has 1 aliphatic rings. The molecule has 2 heterocycles. The lowest BCUT2D eigenvalue weighted by Gasteiger charge is -2.18. The Morgan fingerprint density at radius 1 is 1.17 bits per heavy atom. The van der Waals surface area contributed by atoms with E-state index in [9.17, 15) is 13.2 Å². The zero-order valence-electron chi connectivity index (χ0n) is 16.0. The summed E-state index contributed by atoms with van der Waals surface area (Å²) in [4.78, 5) is 4.36. The van der Waals surface area contributed by atoms with Gasteiger partial charge in [0.25, 0.3) is 0 Å². The van der Waals surface area contributed by atoms with E-state index in [0.717, 1.165) is 37.1 Å². The summed E-state index contributed by atoms with van der Waals surface area (Å²) in [6.07, 6.45) is 3.81. The highest BCUT2D eigenvalue weighted by Crippen LogP contribution is 2.33. The molecule has 0 aliphatic heterocycles. The van der Waals surface area contributed by atoms with Crippen molar-refractivity contribution in [2.75, 3.05) is 11.1 Å². The molecule has 8 heteroatoms. The number of nitrogen functional groups attached to an aromatic ring is 1. The second-order valence-electron chi connectivity index (χ2n) is 7.36. The minimum absolute atomic E-state index is 0.0777. The Hall–Kier alpha value is -3.03. The summed E-state index contributed by atoms with van der Waals surface area (Å²) >= 11 is 0. The van der Waals surface area contributed by atoms with Crippen molar-refractivity contribution in [3.05, 3.63) is 59.4 Å². The second kappa shape index (κ2) is 7.42. The van der Waals surface area contributed by atoms with E-state index >= 15 is 0 Å². The van der Waals surface area contributed by atoms with Crippen LogP contribution in [0.25, 0.3) is 11.2 Å². The monoisotopic (exact) mass is 401 g/mol. The molecule has 1 atom stereocenters. The molecule has 3 aromatic rings. The first-order valence-corrected chi connectivity index (χ1v) is 9.59. The summed E-state index contributed by atoms with van der Waals surface area (Å²) in [7, 11) is 0. The third kappa shape index (κ3) is 4.06. The van der Waals surface area contributed by atoms with Crippen molar-refractivity contribution in [1.29, 1.82) is 0 Å². The molecule has 3 N–H and O–H groups in total. The predicted molar refractivity (Wildman–Crippen MR) is 107 cm³/mol. The number of halogens is 3. The zero-order valence-corrected chi connectivity index (χ0v) is 16.0. The Morgan fingerprint density at radius 3 is 2.72 bits per heavy atom. The van der Waals surface area contributed by atoms with Crippen LogP contribution in [-0.2, 0) is 6.18 Å². The fourth-order valence-electron chi connectivity index (χ4n) is 3.63. The summed E-state index contributed by atoms with van der Waals surface area (Å²) in [6.45, 7) is 1.79. The molecule has 152 valence electrons. The predicted octanol–water partition coefficient (Wildman–Crippen LogP) is 5.46. The summed E-state index contributed by atoms with van der Waals surface area (Å²) in [5, 5.41) is 7.92. The molecule has 0 fully saturated rings. The SMILES string of the molecule is C[C@@H](Nc1ccnc2cc(C3=CCCCC3)nn12)c1cc(N)cc(C(F)(F)F)c1. The third-order valence-corrected chi connectivity index (χ3v) is 5.15. The quantitative estimate of drug-likeness (QED) is 0.570. The molecule has 29 heavy (non-hydrogen) atoms. The van der Waals surface area contributed by atoms with E-state index in [1.165, 1.54) is 12.0 Å². The minimum Gasteiger partial charge on any atom is -0.399 e. The number of anilines is 2. The number of fused-ring (bicyclic) bond motifs is 1. The normalized spacial score (nSPS) is 15.9. The van der Waals surface area contributed by atoms with Crippen LogP contribution in [0.2, 0.25) is 0 Å². The van der Waals surface area contributed by atoms with Crippen LogP contribution in [0.5, 0.6) is 0 Å². The lowest BCUT2D eigenvalue weighted by molar-refractivity contribution is -0.137. The molecule has 5 nitrogen and oxygen atoms in total. The van der Waals surface area contributed by atoms with Gasteiger partial charge in [-0.25, -0.2) is 4.98 Å². The van der Waals surface area contributed by atoms with Crippen molar-refractivity contribution >= 4 is 22.7 Å². The van der Waals surface area contributed by atoms with E-state index in [-0.39, 0.29) is 5.69 Å². The number of benzene rings is 1. The molecule has 0 spiro atoms. The van der Waals surface area contributed by atoms with E-state index in [1.54, 1.807) is 29.8 Å². The third-order valence-electron chi connectivity index (χ3n) is 5.15. The van der Waals surface area contributed by atoms with Crippen LogP contribution in [0.3, 0.4) is 0 Å². The highest BCUT2D eigenvalue weighted by molar-refractivity contribution is 5.67. The first-order chi connectivity index (χ1) is 13.8. The van der Waals surface area contributed by atoms with Crippen LogP contribution >= 0.6 is 0 Å². The molecule has 0 unspecified atom stereocenters. The Kier molecular flexibility index (Phi) is 4.94. The van der Waals surface area contributed by atoms with Crippen molar-refractivity contribution < 1.29 is 13.2 Å². The van der Waals surface area contributed by atoms with Gasteiger partial charge in [0.2, 0.25) is 0 Å². The highest BCUT2D eigenvalue weighted by atomic mass is 19.4. The van der Waals surface area contributed by atoms with Crippen molar-refractivity contribution in [3.8, 4) is 0 Å². The van der Waals surface area contributed by atoms with E-state index in [4.69, 9.17) is 5.73 Å². The van der Waals surface area contributed by atoms with Crippen LogP contribution in [0, 0.1) is 0 Å². The van der Waals surface area contributed by atoms with Crippen LogP contribution < -0.4 is 11.1 Å². The topological polar surface area (TPSA) is 68.2 Å². The molecule has 2 aromatic heterocycles. The number of nitrogens with two attached hydrogens (primary N) is 1. The number of hydrogen-bond donors (Lipinski definition) is 2. The lowest BCUT2D eigenvalue weighted by atomic mass is 9.97. The van der Waals surface area contributed by atoms with E-state index in [0.29, 0.717) is 17.0 Å². The Morgan fingerprint density at radius 2 is 2.00 bits per heavy atom. The first-order valence-electron chi connectivity index (χ1n) is 9.59. The molecule has 0 amide bonds. The van der Waals surface area contributed by atoms with Gasteiger partial charge in [-0.05, 0) is 68.0 Å². The standard InChI is InChI=1S/C21H22F3N5/c1-13(15-9-16(21(22,23)24)11-17(25)10-15)27-19-7-8-26-20-12-18(28-29(19)20)14-5-3-2-4-6-14/h5,7-13,27H,2-4,6,25H2,1H3/t13-/m1/s1. The lowest BCUT2D eigenvalue weighted by Crippen LogP contribution is -2.13. The molecule has 0 saturated heterocycles. The molecule has 0 saturated carbocycles. The Balaban J connectivity index is 1.65. The average Bonchev–Trinajstić information content (AvgIpc) is 3.13. The van der Waals surface area contributed by atoms with Crippen LogP contribution in [0.4, 0.5) is 24.7 Å². The van der Waals surface area contributed by atoms with Crippen molar-refractivity contribution in [3.63, 3.8) is 0 Å². The average molecular weight is 401 g/mol. The number of hydrogen-bond acceptors (Lipinski definition) is 4. The van der Waals surface area contributed by atoms with Gasteiger partial charge in [-0.1, -0.05) is 6.08 Å². The summed E-state index contributed by atoms with van der Waals surface area (Å²) in [6, 6.07) is 6.90. The smallest absolute Gasteiger partial charge is 0.399 e. The number of alkyl halides is 3. The highest BCUT2D eigenvalue weighted by Gasteiger charge is 2.31. The number of allylic oxidation sites excluding steroid dienone is 2. The maximum atomic E-state index is 13.1. The molecule has 1 aliphatic carbocycles. The van der Waals surface area contributed by atoms with Gasteiger partial charge >= 0.3 is 6.18 Å². The van der Waals surface area contributed by atoms with Gasteiger partial charge in [0.1, 0.15) is 5.82 Å². The van der Waals surface area contributed by atoms with Crippen LogP contribution in [0.15, 0.2) is 42.6 Å². The summed E-state index contributed by atoms with van der Waals surface area (Å²) in [5.41, 5.74) is 8.26. The van der Waals surface area contributed by atoms with E-state index < -0.39 is 17.8 Å². The van der Waals surface area contributed by atoms with E-state index in [2.05, 4.69) is 21.5 Å². The maximum absolute atomic E-state index is 13.1. The maximum Gasteiger partial charge on any atom is 0.416 e. The zero-order chi connectivity index (χ0) is 20.6. The molecular weight excluding hydrogens is 379 g/mol.